The molecule has 4 rings (SSSR count). The summed E-state index contributed by atoms with van der Waals surface area (Å²) in [6.07, 6.45) is 1.78. The highest BCUT2D eigenvalue weighted by Crippen LogP contribution is 2.24. The molecule has 0 saturated carbocycles. The Morgan fingerprint density at radius 2 is 1.55 bits per heavy atom. The van der Waals surface area contributed by atoms with E-state index in [2.05, 4.69) is 24.0 Å². The topological polar surface area (TPSA) is 60.9 Å². The average molecular weight is 414 g/mol. The minimum Gasteiger partial charge on any atom is -0.368 e. The Morgan fingerprint density at radius 1 is 0.862 bits per heavy atom. The molecule has 2 aliphatic rings. The van der Waals surface area contributed by atoms with Crippen molar-refractivity contribution in [1.29, 1.82) is 0 Å². The number of aryl methyl sites for hydroxylation is 1. The van der Waals surface area contributed by atoms with Crippen LogP contribution in [0.4, 0.5) is 5.69 Å². The number of benzene rings is 2. The van der Waals surface area contributed by atoms with Gasteiger partial charge in [-0.15, -0.1) is 0 Å². The number of anilines is 1. The highest BCUT2D eigenvalue weighted by atomic mass is 32.2. The van der Waals surface area contributed by atoms with Crippen LogP contribution in [0.2, 0.25) is 0 Å². The lowest BCUT2D eigenvalue weighted by Gasteiger charge is -2.36. The molecule has 0 bridgehead atoms. The lowest BCUT2D eigenvalue weighted by molar-refractivity contribution is 0.0746. The number of sulfonamides is 1. The maximum Gasteiger partial charge on any atom is 0.254 e. The van der Waals surface area contributed by atoms with E-state index in [1.54, 1.807) is 18.2 Å². The van der Waals surface area contributed by atoms with Gasteiger partial charge in [0.15, 0.2) is 0 Å². The number of hydrogen-bond donors (Lipinski definition) is 0. The molecule has 6 nitrogen and oxygen atoms in total. The molecular weight excluding hydrogens is 386 g/mol. The van der Waals surface area contributed by atoms with Crippen LogP contribution in [0.3, 0.4) is 0 Å². The molecule has 2 aliphatic heterocycles. The minimum absolute atomic E-state index is 0.104. The van der Waals surface area contributed by atoms with Crippen molar-refractivity contribution in [2.24, 2.45) is 0 Å². The van der Waals surface area contributed by atoms with Gasteiger partial charge in [-0.25, -0.2) is 8.42 Å². The van der Waals surface area contributed by atoms with Crippen molar-refractivity contribution in [2.75, 3.05) is 44.2 Å². The Bertz CT molecular complexity index is 992. The number of nitrogens with zero attached hydrogens (tertiary/aromatic N) is 3. The summed E-state index contributed by atoms with van der Waals surface area (Å²) in [5, 5.41) is 0. The van der Waals surface area contributed by atoms with Crippen molar-refractivity contribution >= 4 is 21.6 Å². The van der Waals surface area contributed by atoms with Gasteiger partial charge >= 0.3 is 0 Å². The molecule has 29 heavy (non-hydrogen) atoms. The van der Waals surface area contributed by atoms with Gasteiger partial charge in [-0.05, 0) is 49.6 Å². The van der Waals surface area contributed by atoms with Crippen molar-refractivity contribution in [2.45, 2.75) is 24.7 Å². The van der Waals surface area contributed by atoms with E-state index in [4.69, 9.17) is 0 Å². The quantitative estimate of drug-likeness (QED) is 0.773. The Kier molecular flexibility index (Phi) is 5.61. The van der Waals surface area contributed by atoms with E-state index >= 15 is 0 Å². The molecule has 0 spiro atoms. The third kappa shape index (κ3) is 4.02. The van der Waals surface area contributed by atoms with E-state index in [9.17, 15) is 13.2 Å². The van der Waals surface area contributed by atoms with Crippen molar-refractivity contribution in [3.8, 4) is 0 Å². The van der Waals surface area contributed by atoms with E-state index in [1.807, 2.05) is 17.0 Å². The molecule has 154 valence electrons. The van der Waals surface area contributed by atoms with Crippen LogP contribution in [0.25, 0.3) is 0 Å². The average Bonchev–Trinajstić information content (AvgIpc) is 3.30. The van der Waals surface area contributed by atoms with Gasteiger partial charge in [0, 0.05) is 50.5 Å². The highest BCUT2D eigenvalue weighted by molar-refractivity contribution is 7.89. The van der Waals surface area contributed by atoms with Crippen LogP contribution in [0.1, 0.15) is 28.8 Å². The molecule has 2 heterocycles. The first-order valence-corrected chi connectivity index (χ1v) is 11.6. The van der Waals surface area contributed by atoms with E-state index in [0.29, 0.717) is 31.7 Å². The van der Waals surface area contributed by atoms with Gasteiger partial charge in [-0.2, -0.15) is 4.31 Å². The molecule has 0 atom stereocenters. The largest absolute Gasteiger partial charge is 0.368 e. The van der Waals surface area contributed by atoms with Gasteiger partial charge in [0.1, 0.15) is 0 Å². The number of hydrogen-bond acceptors (Lipinski definition) is 4. The Balaban J connectivity index is 1.46. The summed E-state index contributed by atoms with van der Waals surface area (Å²) >= 11 is 0. The van der Waals surface area contributed by atoms with Crippen LogP contribution in [-0.2, 0) is 10.0 Å². The summed E-state index contributed by atoms with van der Waals surface area (Å²) in [5.41, 5.74) is 2.88. The third-order valence-corrected chi connectivity index (χ3v) is 7.70. The molecule has 0 radical (unpaired) electrons. The molecule has 0 aromatic heterocycles. The number of para-hydroxylation sites is 1. The molecule has 2 aromatic rings. The smallest absolute Gasteiger partial charge is 0.254 e. The second-order valence-corrected chi connectivity index (χ2v) is 9.64. The van der Waals surface area contributed by atoms with Crippen LogP contribution >= 0.6 is 0 Å². The van der Waals surface area contributed by atoms with E-state index in [1.165, 1.54) is 21.6 Å². The number of rotatable bonds is 4. The maximum atomic E-state index is 13.0. The van der Waals surface area contributed by atoms with Crippen LogP contribution in [0.15, 0.2) is 53.4 Å². The fraction of sp³-hybridized carbons (Fsp3) is 0.409. The first-order valence-electron chi connectivity index (χ1n) is 10.2. The molecule has 0 N–H and O–H groups in total. The van der Waals surface area contributed by atoms with Gasteiger partial charge in [0.05, 0.1) is 4.90 Å². The van der Waals surface area contributed by atoms with Crippen molar-refractivity contribution < 1.29 is 13.2 Å². The summed E-state index contributed by atoms with van der Waals surface area (Å²) in [5.74, 6) is -0.104. The van der Waals surface area contributed by atoms with Gasteiger partial charge in [0.2, 0.25) is 10.0 Å². The standard InChI is InChI=1S/C22H27N3O3S/c1-18-7-2-3-10-21(18)23-13-15-24(16-14-23)22(26)19-8-6-9-20(17-19)29(27,28)25-11-4-5-12-25/h2-3,6-10,17H,4-5,11-16H2,1H3. The molecule has 7 heteroatoms. The second kappa shape index (κ2) is 8.16. The van der Waals surface area contributed by atoms with Gasteiger partial charge < -0.3 is 9.80 Å². The lowest BCUT2D eigenvalue weighted by atomic mass is 10.1. The molecule has 1 amide bonds. The van der Waals surface area contributed by atoms with Crippen molar-refractivity contribution in [3.05, 3.63) is 59.7 Å². The molecule has 2 saturated heterocycles. The third-order valence-electron chi connectivity index (χ3n) is 5.81. The SMILES string of the molecule is Cc1ccccc1N1CCN(C(=O)c2cccc(S(=O)(=O)N3CCCC3)c2)CC1. The van der Waals surface area contributed by atoms with Crippen LogP contribution in [0.5, 0.6) is 0 Å². The first-order chi connectivity index (χ1) is 14.0. The van der Waals surface area contributed by atoms with Gasteiger partial charge in [-0.3, -0.25) is 4.79 Å². The number of piperazine rings is 1. The number of carbonyl (C=O) groups excluding carboxylic acids is 1. The normalized spacial score (nSPS) is 18.2. The Hall–Kier alpha value is -2.38. The maximum absolute atomic E-state index is 13.0. The molecule has 2 aromatic carbocycles. The zero-order chi connectivity index (χ0) is 20.4. The summed E-state index contributed by atoms with van der Waals surface area (Å²) in [6, 6.07) is 14.8. The van der Waals surface area contributed by atoms with E-state index < -0.39 is 10.0 Å². The predicted molar refractivity (Wildman–Crippen MR) is 114 cm³/mol. The minimum atomic E-state index is -3.52. The highest BCUT2D eigenvalue weighted by Gasteiger charge is 2.29. The number of amides is 1. The monoisotopic (exact) mass is 413 g/mol. The van der Waals surface area contributed by atoms with Gasteiger partial charge in [-0.1, -0.05) is 24.3 Å². The lowest BCUT2D eigenvalue weighted by Crippen LogP contribution is -2.49. The second-order valence-electron chi connectivity index (χ2n) is 7.70. The van der Waals surface area contributed by atoms with Gasteiger partial charge in [0.25, 0.3) is 5.91 Å². The van der Waals surface area contributed by atoms with Crippen LogP contribution < -0.4 is 4.90 Å². The van der Waals surface area contributed by atoms with Crippen LogP contribution in [-0.4, -0.2) is 62.8 Å². The summed E-state index contributed by atoms with van der Waals surface area (Å²) < 4.78 is 27.1. The van der Waals surface area contributed by atoms with Crippen molar-refractivity contribution in [1.82, 2.24) is 9.21 Å². The Labute approximate surface area is 172 Å². The summed E-state index contributed by atoms with van der Waals surface area (Å²) in [4.78, 5) is 17.3. The first kappa shape index (κ1) is 19.9. The zero-order valence-electron chi connectivity index (χ0n) is 16.8. The van der Waals surface area contributed by atoms with Crippen molar-refractivity contribution in [3.63, 3.8) is 0 Å². The predicted octanol–water partition coefficient (Wildman–Crippen LogP) is 2.74. The molecule has 2 fully saturated rings. The molecule has 0 aliphatic carbocycles. The Morgan fingerprint density at radius 3 is 2.24 bits per heavy atom. The van der Waals surface area contributed by atoms with E-state index in [0.717, 1.165) is 25.9 Å². The fourth-order valence-electron chi connectivity index (χ4n) is 4.12. The fourth-order valence-corrected chi connectivity index (χ4v) is 5.68. The zero-order valence-corrected chi connectivity index (χ0v) is 17.6. The van der Waals surface area contributed by atoms with E-state index in [-0.39, 0.29) is 10.8 Å². The molecule has 0 unspecified atom stereocenters. The summed E-state index contributed by atoms with van der Waals surface area (Å²) in [7, 11) is -3.52. The molecular formula is C22H27N3O3S. The van der Waals surface area contributed by atoms with Crippen LogP contribution in [0, 0.1) is 6.92 Å². The summed E-state index contributed by atoms with van der Waals surface area (Å²) in [6.45, 7) is 5.99. The number of carbonyl (C=O) groups is 1.